The third-order valence-corrected chi connectivity index (χ3v) is 4.47. The van der Waals surface area contributed by atoms with Crippen molar-refractivity contribution < 1.29 is 0 Å². The van der Waals surface area contributed by atoms with Crippen molar-refractivity contribution in [3.63, 3.8) is 0 Å². The monoisotopic (exact) mass is 297 g/mol. The quantitative estimate of drug-likeness (QED) is 0.707. The van der Waals surface area contributed by atoms with Gasteiger partial charge in [-0.1, -0.05) is 60.1 Å². The maximum Gasteiger partial charge on any atom is 0.0236 e. The Balaban J connectivity index is 2.68. The van der Waals surface area contributed by atoms with Crippen LogP contribution < -0.4 is 0 Å². The molecule has 0 aromatic heterocycles. The lowest BCUT2D eigenvalue weighted by Gasteiger charge is -2.34. The van der Waals surface area contributed by atoms with E-state index in [9.17, 15) is 0 Å². The number of rotatable bonds is 6. The normalized spacial score (nSPS) is 12.4. The highest BCUT2D eigenvalue weighted by Gasteiger charge is 2.22. The number of halogens is 1. The predicted octanol–water partition coefficient (Wildman–Crippen LogP) is 4.32. The van der Waals surface area contributed by atoms with Crippen LogP contribution in [0.25, 0.3) is 0 Å². The van der Waals surface area contributed by atoms with Gasteiger partial charge in [0.05, 0.1) is 0 Å². The van der Waals surface area contributed by atoms with Crippen molar-refractivity contribution in [1.29, 1.82) is 0 Å². The number of hydrogen-bond donors (Lipinski definition) is 0. The van der Waals surface area contributed by atoms with Gasteiger partial charge in [-0.2, -0.15) is 0 Å². The molecule has 0 fully saturated rings. The first-order valence-electron chi connectivity index (χ1n) is 6.28. The van der Waals surface area contributed by atoms with Gasteiger partial charge in [0.1, 0.15) is 0 Å². The number of benzene rings is 1. The summed E-state index contributed by atoms with van der Waals surface area (Å²) in [5, 5.41) is 1.04. The molecular formula is C15H24BrN. The van der Waals surface area contributed by atoms with Gasteiger partial charge in [-0.15, -0.1) is 0 Å². The Morgan fingerprint density at radius 1 is 1.18 bits per heavy atom. The van der Waals surface area contributed by atoms with Crippen LogP contribution in [-0.4, -0.2) is 22.8 Å². The van der Waals surface area contributed by atoms with Gasteiger partial charge in [-0.05, 0) is 24.8 Å². The highest BCUT2D eigenvalue weighted by atomic mass is 79.9. The van der Waals surface area contributed by atoms with E-state index < -0.39 is 0 Å². The Morgan fingerprint density at radius 2 is 1.76 bits per heavy atom. The van der Waals surface area contributed by atoms with Crippen LogP contribution in [0, 0.1) is 5.41 Å². The van der Waals surface area contributed by atoms with Crippen molar-refractivity contribution in [2.45, 2.75) is 40.3 Å². The van der Waals surface area contributed by atoms with E-state index in [4.69, 9.17) is 0 Å². The fourth-order valence-electron chi connectivity index (χ4n) is 1.83. The van der Waals surface area contributed by atoms with E-state index in [1.54, 1.807) is 0 Å². The number of hydrogen-bond acceptors (Lipinski definition) is 1. The highest BCUT2D eigenvalue weighted by molar-refractivity contribution is 9.09. The molecule has 0 atom stereocenters. The number of nitrogens with zero attached hydrogens (tertiary/aromatic N) is 1. The fraction of sp³-hybridized carbons (Fsp3) is 0.600. The molecule has 0 saturated heterocycles. The summed E-state index contributed by atoms with van der Waals surface area (Å²) < 4.78 is 0. The first-order chi connectivity index (χ1) is 7.94. The summed E-state index contributed by atoms with van der Waals surface area (Å²) in [5.74, 6) is 0. The molecule has 1 nitrogen and oxygen atoms in total. The third-order valence-electron chi connectivity index (χ3n) is 2.95. The average molecular weight is 298 g/mol. The molecule has 1 aromatic rings. The van der Waals surface area contributed by atoms with E-state index >= 15 is 0 Å². The molecule has 0 unspecified atom stereocenters. The maximum atomic E-state index is 3.61. The third kappa shape index (κ3) is 5.22. The van der Waals surface area contributed by atoms with Crippen LogP contribution in [-0.2, 0) is 6.54 Å². The largest absolute Gasteiger partial charge is 0.296 e. The average Bonchev–Trinajstić information content (AvgIpc) is 2.29. The van der Waals surface area contributed by atoms with E-state index in [0.717, 1.165) is 18.4 Å². The summed E-state index contributed by atoms with van der Waals surface area (Å²) in [4.78, 5) is 2.54. The van der Waals surface area contributed by atoms with Crippen molar-refractivity contribution in [2.75, 3.05) is 11.9 Å². The molecule has 0 amide bonds. The maximum absolute atomic E-state index is 3.61. The smallest absolute Gasteiger partial charge is 0.0236 e. The van der Waals surface area contributed by atoms with Crippen molar-refractivity contribution >= 4 is 15.9 Å². The second-order valence-corrected chi connectivity index (χ2v) is 6.34. The van der Waals surface area contributed by atoms with Crippen molar-refractivity contribution in [3.8, 4) is 0 Å². The second-order valence-electron chi connectivity index (χ2n) is 5.78. The van der Waals surface area contributed by atoms with Crippen LogP contribution in [0.1, 0.15) is 33.3 Å². The lowest BCUT2D eigenvalue weighted by atomic mass is 9.95. The van der Waals surface area contributed by atoms with Crippen LogP contribution in [0.5, 0.6) is 0 Å². The van der Waals surface area contributed by atoms with Gasteiger partial charge in [-0.25, -0.2) is 0 Å². The Labute approximate surface area is 114 Å². The van der Waals surface area contributed by atoms with Crippen LogP contribution >= 0.6 is 15.9 Å². The molecule has 0 aliphatic carbocycles. The number of alkyl halides is 1. The minimum Gasteiger partial charge on any atom is -0.296 e. The molecule has 0 heterocycles. The fourth-order valence-corrected chi connectivity index (χ4v) is 2.01. The summed E-state index contributed by atoms with van der Waals surface area (Å²) in [7, 11) is 0. The molecule has 1 rings (SSSR count). The summed E-state index contributed by atoms with van der Waals surface area (Å²) in [6, 6.07) is 11.3. The lowest BCUT2D eigenvalue weighted by Crippen LogP contribution is -2.39. The van der Waals surface area contributed by atoms with Crippen molar-refractivity contribution in [3.05, 3.63) is 35.9 Å². The molecule has 17 heavy (non-hydrogen) atoms. The van der Waals surface area contributed by atoms with E-state index in [2.05, 4.69) is 78.9 Å². The summed E-state index contributed by atoms with van der Waals surface area (Å²) in [6.45, 7) is 11.3. The molecule has 0 aliphatic heterocycles. The van der Waals surface area contributed by atoms with Gasteiger partial charge in [0, 0.05) is 24.5 Å². The van der Waals surface area contributed by atoms with Gasteiger partial charge < -0.3 is 0 Å². The Kier molecular flexibility index (Phi) is 5.68. The summed E-state index contributed by atoms with van der Waals surface area (Å²) in [5.41, 5.74) is 1.71. The molecule has 96 valence electrons. The molecule has 0 radical (unpaired) electrons. The zero-order chi connectivity index (χ0) is 12.9. The van der Waals surface area contributed by atoms with Crippen LogP contribution in [0.2, 0.25) is 0 Å². The molecule has 0 spiro atoms. The molecule has 0 aliphatic rings. The first-order valence-corrected chi connectivity index (χ1v) is 7.41. The second kappa shape index (κ2) is 6.55. The van der Waals surface area contributed by atoms with Gasteiger partial charge >= 0.3 is 0 Å². The van der Waals surface area contributed by atoms with Crippen LogP contribution in [0.3, 0.4) is 0 Å². The first kappa shape index (κ1) is 14.7. The highest BCUT2D eigenvalue weighted by Crippen LogP contribution is 2.22. The van der Waals surface area contributed by atoms with E-state index in [1.165, 1.54) is 5.56 Å². The summed E-state index contributed by atoms with van der Waals surface area (Å²) in [6.07, 6.45) is 0. The van der Waals surface area contributed by atoms with E-state index in [0.29, 0.717) is 11.5 Å². The van der Waals surface area contributed by atoms with Gasteiger partial charge in [0.25, 0.3) is 0 Å². The van der Waals surface area contributed by atoms with Crippen LogP contribution in [0.4, 0.5) is 0 Å². The molecule has 0 bridgehead atoms. The topological polar surface area (TPSA) is 3.24 Å². The molecule has 1 aromatic carbocycles. The molecule has 0 saturated carbocycles. The Bertz CT molecular complexity index is 319. The van der Waals surface area contributed by atoms with Gasteiger partial charge in [0.15, 0.2) is 0 Å². The van der Waals surface area contributed by atoms with Crippen molar-refractivity contribution in [1.82, 2.24) is 4.90 Å². The minimum absolute atomic E-state index is 0.319. The Morgan fingerprint density at radius 3 is 2.24 bits per heavy atom. The zero-order valence-corrected chi connectivity index (χ0v) is 13.0. The van der Waals surface area contributed by atoms with Gasteiger partial charge in [-0.3, -0.25) is 4.90 Å². The van der Waals surface area contributed by atoms with Gasteiger partial charge in [0.2, 0.25) is 0 Å². The summed E-state index contributed by atoms with van der Waals surface area (Å²) >= 11 is 3.61. The predicted molar refractivity (Wildman–Crippen MR) is 79.6 cm³/mol. The van der Waals surface area contributed by atoms with E-state index in [1.807, 2.05) is 0 Å². The van der Waals surface area contributed by atoms with Crippen molar-refractivity contribution in [2.24, 2.45) is 5.41 Å². The van der Waals surface area contributed by atoms with E-state index in [-0.39, 0.29) is 0 Å². The lowest BCUT2D eigenvalue weighted by molar-refractivity contribution is 0.150. The minimum atomic E-state index is 0.319. The Hall–Kier alpha value is -0.340. The van der Waals surface area contributed by atoms with Crippen LogP contribution in [0.15, 0.2) is 30.3 Å². The molecule has 2 heteroatoms. The molecule has 0 N–H and O–H groups in total. The zero-order valence-electron chi connectivity index (χ0n) is 11.4. The standard InChI is InChI=1S/C15H24BrN/c1-13(2)17(12-15(3,4)11-16)10-14-8-6-5-7-9-14/h5-9,13H,10-12H2,1-4H3. The SMILES string of the molecule is CC(C)N(Cc1ccccc1)CC(C)(C)CBr. The molecular weight excluding hydrogens is 274 g/mol.